The Hall–Kier alpha value is -2.04. The fourth-order valence-corrected chi connectivity index (χ4v) is 3.01. The van der Waals surface area contributed by atoms with E-state index in [1.54, 1.807) is 6.92 Å². The van der Waals surface area contributed by atoms with Gasteiger partial charge in [0, 0.05) is 13.1 Å². The number of hydrogen-bond acceptors (Lipinski definition) is 4. The molecule has 1 saturated heterocycles. The third-order valence-electron chi connectivity index (χ3n) is 4.19. The van der Waals surface area contributed by atoms with E-state index in [0.717, 1.165) is 50.1 Å². The lowest BCUT2D eigenvalue weighted by molar-refractivity contribution is -0.158. The van der Waals surface area contributed by atoms with E-state index in [1.807, 2.05) is 43.0 Å². The zero-order chi connectivity index (χ0) is 18.2. The molecule has 1 aliphatic rings. The third kappa shape index (κ3) is 6.40. The van der Waals surface area contributed by atoms with Crippen LogP contribution in [0.2, 0.25) is 0 Å². The fourth-order valence-electron chi connectivity index (χ4n) is 3.01. The van der Waals surface area contributed by atoms with Crippen molar-refractivity contribution in [3.63, 3.8) is 0 Å². The average molecular weight is 347 g/mol. The summed E-state index contributed by atoms with van der Waals surface area (Å²) in [6, 6.07) is 7.41. The lowest BCUT2D eigenvalue weighted by Crippen LogP contribution is -2.40. The fraction of sp³-hybridized carbons (Fsp3) is 0.600. The number of rotatable bonds is 6. The van der Waals surface area contributed by atoms with E-state index in [2.05, 4.69) is 0 Å². The van der Waals surface area contributed by atoms with Crippen LogP contribution in [0.3, 0.4) is 0 Å². The molecule has 1 heterocycles. The van der Waals surface area contributed by atoms with Gasteiger partial charge in [0.25, 0.3) is 5.91 Å². The molecule has 0 bridgehead atoms. The minimum absolute atomic E-state index is 0.0773. The minimum Gasteiger partial charge on any atom is -0.491 e. The summed E-state index contributed by atoms with van der Waals surface area (Å²) >= 11 is 0. The molecule has 1 amide bonds. The van der Waals surface area contributed by atoms with Gasteiger partial charge in [-0.1, -0.05) is 25.0 Å². The second kappa shape index (κ2) is 9.44. The minimum atomic E-state index is -0.735. The molecule has 5 heteroatoms. The second-order valence-electron chi connectivity index (χ2n) is 6.86. The number of amides is 1. The van der Waals surface area contributed by atoms with Crippen LogP contribution < -0.4 is 4.74 Å². The van der Waals surface area contributed by atoms with Gasteiger partial charge in [-0.3, -0.25) is 9.59 Å². The quantitative estimate of drug-likeness (QED) is 0.741. The van der Waals surface area contributed by atoms with Crippen LogP contribution in [0.1, 0.15) is 52.0 Å². The first-order chi connectivity index (χ1) is 12.0. The lowest BCUT2D eigenvalue weighted by atomic mass is 10.1. The molecule has 0 N–H and O–H groups in total. The van der Waals surface area contributed by atoms with Gasteiger partial charge in [0.1, 0.15) is 5.75 Å². The Morgan fingerprint density at radius 3 is 2.40 bits per heavy atom. The first kappa shape index (κ1) is 19.3. The van der Waals surface area contributed by atoms with Gasteiger partial charge >= 0.3 is 5.97 Å². The Morgan fingerprint density at radius 2 is 1.76 bits per heavy atom. The average Bonchev–Trinajstić information content (AvgIpc) is 2.82. The van der Waals surface area contributed by atoms with Crippen molar-refractivity contribution < 1.29 is 19.1 Å². The van der Waals surface area contributed by atoms with E-state index >= 15 is 0 Å². The van der Waals surface area contributed by atoms with E-state index in [-0.39, 0.29) is 18.4 Å². The summed E-state index contributed by atoms with van der Waals surface area (Å²) in [7, 11) is 0. The van der Waals surface area contributed by atoms with Crippen molar-refractivity contribution in [2.45, 2.75) is 65.1 Å². The Balaban J connectivity index is 1.87. The van der Waals surface area contributed by atoms with Crippen LogP contribution in [0.4, 0.5) is 0 Å². The van der Waals surface area contributed by atoms with Gasteiger partial charge in [0.2, 0.25) is 0 Å². The molecule has 2 rings (SSSR count). The van der Waals surface area contributed by atoms with Crippen LogP contribution in [-0.2, 0) is 20.7 Å². The van der Waals surface area contributed by atoms with Gasteiger partial charge in [-0.2, -0.15) is 0 Å². The Bertz CT molecular complexity index is 577. The molecule has 1 atom stereocenters. The maximum absolute atomic E-state index is 12.4. The number of carbonyl (C=O) groups is 2. The number of likely N-dealkylation sites (tertiary alicyclic amines) is 1. The molecular weight excluding hydrogens is 318 g/mol. The van der Waals surface area contributed by atoms with Crippen molar-refractivity contribution in [2.24, 2.45) is 0 Å². The van der Waals surface area contributed by atoms with Crippen molar-refractivity contribution in [1.82, 2.24) is 4.90 Å². The highest BCUT2D eigenvalue weighted by molar-refractivity contribution is 5.84. The summed E-state index contributed by atoms with van der Waals surface area (Å²) in [5.74, 6) is 0.249. The van der Waals surface area contributed by atoms with Gasteiger partial charge in [0.15, 0.2) is 6.10 Å². The first-order valence-electron chi connectivity index (χ1n) is 9.19. The smallest absolute Gasteiger partial charge is 0.311 e. The van der Waals surface area contributed by atoms with Gasteiger partial charge in [-0.05, 0) is 51.3 Å². The van der Waals surface area contributed by atoms with Crippen LogP contribution in [-0.4, -0.2) is 42.1 Å². The molecule has 0 saturated carbocycles. The summed E-state index contributed by atoms with van der Waals surface area (Å²) in [5.41, 5.74) is 0.817. The van der Waals surface area contributed by atoms with Gasteiger partial charge < -0.3 is 14.4 Å². The molecule has 0 spiro atoms. The van der Waals surface area contributed by atoms with Crippen LogP contribution in [0.5, 0.6) is 5.75 Å². The number of nitrogens with zero attached hydrogens (tertiary/aromatic N) is 1. The third-order valence-corrected chi connectivity index (χ3v) is 4.19. The zero-order valence-electron chi connectivity index (χ0n) is 15.5. The van der Waals surface area contributed by atoms with Crippen molar-refractivity contribution in [1.29, 1.82) is 0 Å². The SMILES string of the molecule is CC(C)Oc1cccc(CC(=O)OC(C)C(=O)N2CCCCCC2)c1. The van der Waals surface area contributed by atoms with Crippen molar-refractivity contribution in [3.05, 3.63) is 29.8 Å². The largest absolute Gasteiger partial charge is 0.491 e. The predicted molar refractivity (Wildman–Crippen MR) is 96.5 cm³/mol. The number of benzene rings is 1. The molecule has 0 aliphatic carbocycles. The first-order valence-corrected chi connectivity index (χ1v) is 9.19. The van der Waals surface area contributed by atoms with E-state index in [1.165, 1.54) is 0 Å². The molecule has 5 nitrogen and oxygen atoms in total. The van der Waals surface area contributed by atoms with Crippen LogP contribution >= 0.6 is 0 Å². The molecule has 1 aromatic rings. The summed E-state index contributed by atoms with van der Waals surface area (Å²) in [6.07, 6.45) is 3.84. The summed E-state index contributed by atoms with van der Waals surface area (Å²) in [5, 5.41) is 0. The standard InChI is InChI=1S/C20H29NO4/c1-15(2)24-18-10-8-9-17(13-18)14-19(22)25-16(3)20(23)21-11-6-4-5-7-12-21/h8-10,13,15-16H,4-7,11-12,14H2,1-3H3. The van der Waals surface area contributed by atoms with Crippen molar-refractivity contribution in [2.75, 3.05) is 13.1 Å². The van der Waals surface area contributed by atoms with E-state index in [4.69, 9.17) is 9.47 Å². The Kier molecular flexibility index (Phi) is 7.29. The maximum Gasteiger partial charge on any atom is 0.311 e. The van der Waals surface area contributed by atoms with Crippen LogP contribution in [0, 0.1) is 0 Å². The number of carbonyl (C=O) groups excluding carboxylic acids is 2. The number of esters is 1. The molecule has 25 heavy (non-hydrogen) atoms. The number of ether oxygens (including phenoxy) is 2. The van der Waals surface area contributed by atoms with E-state index in [0.29, 0.717) is 0 Å². The highest BCUT2D eigenvalue weighted by atomic mass is 16.5. The second-order valence-corrected chi connectivity index (χ2v) is 6.86. The highest BCUT2D eigenvalue weighted by Crippen LogP contribution is 2.16. The highest BCUT2D eigenvalue weighted by Gasteiger charge is 2.24. The van der Waals surface area contributed by atoms with E-state index < -0.39 is 12.1 Å². The topological polar surface area (TPSA) is 55.8 Å². The molecule has 1 aromatic carbocycles. The summed E-state index contributed by atoms with van der Waals surface area (Å²) in [4.78, 5) is 26.4. The van der Waals surface area contributed by atoms with Crippen molar-refractivity contribution in [3.8, 4) is 5.75 Å². The molecule has 0 aromatic heterocycles. The Labute approximate surface area is 150 Å². The summed E-state index contributed by atoms with van der Waals surface area (Å²) in [6.45, 7) is 7.09. The van der Waals surface area contributed by atoms with Gasteiger partial charge in [0.05, 0.1) is 12.5 Å². The zero-order valence-corrected chi connectivity index (χ0v) is 15.5. The van der Waals surface area contributed by atoms with Gasteiger partial charge in [-0.25, -0.2) is 0 Å². The molecule has 0 radical (unpaired) electrons. The van der Waals surface area contributed by atoms with Crippen molar-refractivity contribution >= 4 is 11.9 Å². The maximum atomic E-state index is 12.4. The van der Waals surface area contributed by atoms with Gasteiger partial charge in [-0.15, -0.1) is 0 Å². The predicted octanol–water partition coefficient (Wildman–Crippen LogP) is 3.35. The summed E-state index contributed by atoms with van der Waals surface area (Å²) < 4.78 is 11.0. The molecule has 1 fully saturated rings. The molecule has 138 valence electrons. The normalized spacial score (nSPS) is 16.2. The molecule has 1 aliphatic heterocycles. The Morgan fingerprint density at radius 1 is 1.08 bits per heavy atom. The molecular formula is C20H29NO4. The number of hydrogen-bond donors (Lipinski definition) is 0. The molecule has 1 unspecified atom stereocenters. The van der Waals surface area contributed by atoms with Crippen LogP contribution in [0.15, 0.2) is 24.3 Å². The lowest BCUT2D eigenvalue weighted by Gasteiger charge is -2.24. The monoisotopic (exact) mass is 347 g/mol. The van der Waals surface area contributed by atoms with Crippen LogP contribution in [0.25, 0.3) is 0 Å². The van der Waals surface area contributed by atoms with E-state index in [9.17, 15) is 9.59 Å².